The van der Waals surface area contributed by atoms with Crippen molar-refractivity contribution in [1.82, 2.24) is 4.90 Å². The van der Waals surface area contributed by atoms with Gasteiger partial charge in [0.15, 0.2) is 0 Å². The summed E-state index contributed by atoms with van der Waals surface area (Å²) in [5.41, 5.74) is 1.26. The lowest BCUT2D eigenvalue weighted by molar-refractivity contribution is 0.153. The number of likely N-dealkylation sites (tertiary alicyclic amines) is 1. The third-order valence-electron chi connectivity index (χ3n) is 3.01. The highest BCUT2D eigenvalue weighted by atomic mass is 35.5. The first-order valence-electron chi connectivity index (χ1n) is 5.39. The van der Waals surface area contributed by atoms with Crippen LogP contribution in [0.25, 0.3) is 0 Å². The van der Waals surface area contributed by atoms with Crippen LogP contribution in [0.4, 0.5) is 0 Å². The summed E-state index contributed by atoms with van der Waals surface area (Å²) in [7, 11) is 0. The van der Waals surface area contributed by atoms with E-state index in [1.807, 2.05) is 12.1 Å². The predicted octanol–water partition coefficient (Wildman–Crippen LogP) is 2.30. The molecular weight excluding hydrogens is 210 g/mol. The SMILES string of the molecule is OCC1CCCN1Cc1ccc(Cl)cc1. The van der Waals surface area contributed by atoms with Gasteiger partial charge in [0.05, 0.1) is 6.61 Å². The van der Waals surface area contributed by atoms with Gasteiger partial charge in [-0.2, -0.15) is 0 Å². The van der Waals surface area contributed by atoms with Crippen molar-refractivity contribution >= 4 is 11.6 Å². The Hall–Kier alpha value is -0.570. The van der Waals surface area contributed by atoms with Gasteiger partial charge in [0.25, 0.3) is 0 Å². The molecule has 0 aliphatic carbocycles. The monoisotopic (exact) mass is 225 g/mol. The molecule has 82 valence electrons. The van der Waals surface area contributed by atoms with Gasteiger partial charge >= 0.3 is 0 Å². The van der Waals surface area contributed by atoms with Gasteiger partial charge in [-0.15, -0.1) is 0 Å². The summed E-state index contributed by atoms with van der Waals surface area (Å²) < 4.78 is 0. The standard InChI is InChI=1S/C12H16ClNO/c13-11-5-3-10(4-6-11)8-14-7-1-2-12(14)9-15/h3-6,12,15H,1-2,7-9H2. The fourth-order valence-corrected chi connectivity index (χ4v) is 2.26. The van der Waals surface area contributed by atoms with Crippen molar-refractivity contribution in [2.75, 3.05) is 13.2 Å². The van der Waals surface area contributed by atoms with Gasteiger partial charge in [0.1, 0.15) is 0 Å². The summed E-state index contributed by atoms with van der Waals surface area (Å²) in [5.74, 6) is 0. The van der Waals surface area contributed by atoms with Crippen LogP contribution in [0.5, 0.6) is 0 Å². The quantitative estimate of drug-likeness (QED) is 0.854. The lowest BCUT2D eigenvalue weighted by Crippen LogP contribution is -2.31. The Morgan fingerprint density at radius 1 is 1.33 bits per heavy atom. The van der Waals surface area contributed by atoms with E-state index < -0.39 is 0 Å². The molecule has 0 spiro atoms. The molecule has 1 aliphatic rings. The fraction of sp³-hybridized carbons (Fsp3) is 0.500. The summed E-state index contributed by atoms with van der Waals surface area (Å²) >= 11 is 5.83. The van der Waals surface area contributed by atoms with E-state index >= 15 is 0 Å². The Labute approximate surface area is 95.5 Å². The summed E-state index contributed by atoms with van der Waals surface area (Å²) in [4.78, 5) is 2.34. The van der Waals surface area contributed by atoms with Gasteiger partial charge in [0.2, 0.25) is 0 Å². The highest BCUT2D eigenvalue weighted by Gasteiger charge is 2.23. The molecule has 3 heteroatoms. The van der Waals surface area contributed by atoms with Crippen LogP contribution >= 0.6 is 11.6 Å². The predicted molar refractivity (Wildman–Crippen MR) is 62.0 cm³/mol. The van der Waals surface area contributed by atoms with Crippen LogP contribution in [0.1, 0.15) is 18.4 Å². The van der Waals surface area contributed by atoms with Crippen molar-refractivity contribution in [2.45, 2.75) is 25.4 Å². The van der Waals surface area contributed by atoms with Crippen molar-refractivity contribution < 1.29 is 5.11 Å². The van der Waals surface area contributed by atoms with Crippen LogP contribution in [0.3, 0.4) is 0 Å². The van der Waals surface area contributed by atoms with Crippen LogP contribution in [-0.2, 0) is 6.54 Å². The van der Waals surface area contributed by atoms with E-state index in [9.17, 15) is 5.11 Å². The number of hydrogen-bond acceptors (Lipinski definition) is 2. The van der Waals surface area contributed by atoms with E-state index in [-0.39, 0.29) is 6.61 Å². The Bertz CT molecular complexity index is 312. The van der Waals surface area contributed by atoms with Crippen molar-refractivity contribution in [3.8, 4) is 0 Å². The molecule has 1 N–H and O–H groups in total. The van der Waals surface area contributed by atoms with Crippen LogP contribution in [0, 0.1) is 0 Å². The van der Waals surface area contributed by atoms with Gasteiger partial charge < -0.3 is 5.11 Å². The average molecular weight is 226 g/mol. The number of nitrogens with zero attached hydrogens (tertiary/aromatic N) is 1. The van der Waals surface area contributed by atoms with Crippen LogP contribution in [0.15, 0.2) is 24.3 Å². The number of aliphatic hydroxyl groups is 1. The second-order valence-corrected chi connectivity index (χ2v) is 4.51. The van der Waals surface area contributed by atoms with Gasteiger partial charge in [0, 0.05) is 17.6 Å². The number of aliphatic hydroxyl groups excluding tert-OH is 1. The average Bonchev–Trinajstić information content (AvgIpc) is 2.69. The molecule has 1 aromatic carbocycles. The highest BCUT2D eigenvalue weighted by Crippen LogP contribution is 2.20. The first kappa shape index (κ1) is 10.9. The largest absolute Gasteiger partial charge is 0.395 e. The normalized spacial score (nSPS) is 22.1. The third-order valence-corrected chi connectivity index (χ3v) is 3.26. The van der Waals surface area contributed by atoms with E-state index in [0.717, 1.165) is 24.5 Å². The van der Waals surface area contributed by atoms with Crippen molar-refractivity contribution in [3.63, 3.8) is 0 Å². The zero-order valence-electron chi connectivity index (χ0n) is 8.69. The maximum Gasteiger partial charge on any atom is 0.0587 e. The molecule has 1 atom stereocenters. The summed E-state index contributed by atoms with van der Waals surface area (Å²) in [6, 6.07) is 8.28. The Morgan fingerprint density at radius 3 is 2.73 bits per heavy atom. The van der Waals surface area contributed by atoms with E-state index in [1.54, 1.807) is 0 Å². The molecular formula is C12H16ClNO. The van der Waals surface area contributed by atoms with E-state index in [0.29, 0.717) is 6.04 Å². The molecule has 2 rings (SSSR count). The molecule has 1 heterocycles. The Morgan fingerprint density at radius 2 is 2.07 bits per heavy atom. The number of hydrogen-bond donors (Lipinski definition) is 1. The van der Waals surface area contributed by atoms with Gasteiger partial charge in [-0.25, -0.2) is 0 Å². The maximum absolute atomic E-state index is 9.20. The number of benzene rings is 1. The molecule has 1 unspecified atom stereocenters. The summed E-state index contributed by atoms with van der Waals surface area (Å²) in [5, 5.41) is 9.97. The topological polar surface area (TPSA) is 23.5 Å². The molecule has 0 saturated carbocycles. The number of halogens is 1. The first-order chi connectivity index (χ1) is 7.29. The molecule has 1 fully saturated rings. The smallest absolute Gasteiger partial charge is 0.0587 e. The minimum Gasteiger partial charge on any atom is -0.395 e. The van der Waals surface area contributed by atoms with E-state index in [4.69, 9.17) is 11.6 Å². The van der Waals surface area contributed by atoms with Crippen molar-refractivity contribution in [3.05, 3.63) is 34.9 Å². The number of rotatable bonds is 3. The molecule has 1 saturated heterocycles. The lowest BCUT2D eigenvalue weighted by atomic mass is 10.2. The minimum atomic E-state index is 0.271. The van der Waals surface area contributed by atoms with Crippen molar-refractivity contribution in [1.29, 1.82) is 0 Å². The van der Waals surface area contributed by atoms with Gasteiger partial charge in [-0.05, 0) is 37.1 Å². The fourth-order valence-electron chi connectivity index (χ4n) is 2.13. The van der Waals surface area contributed by atoms with Gasteiger partial charge in [-0.3, -0.25) is 4.90 Å². The molecule has 1 aromatic rings. The molecule has 0 bridgehead atoms. The molecule has 0 amide bonds. The maximum atomic E-state index is 9.20. The molecule has 1 aliphatic heterocycles. The Kier molecular flexibility index (Phi) is 3.62. The highest BCUT2D eigenvalue weighted by molar-refractivity contribution is 6.30. The molecule has 0 radical (unpaired) electrons. The van der Waals surface area contributed by atoms with Gasteiger partial charge in [-0.1, -0.05) is 23.7 Å². The molecule has 2 nitrogen and oxygen atoms in total. The second kappa shape index (κ2) is 4.97. The second-order valence-electron chi connectivity index (χ2n) is 4.08. The van der Waals surface area contributed by atoms with Crippen LogP contribution in [-0.4, -0.2) is 29.2 Å². The molecule has 0 aromatic heterocycles. The zero-order valence-corrected chi connectivity index (χ0v) is 9.45. The lowest BCUT2D eigenvalue weighted by Gasteiger charge is -2.22. The first-order valence-corrected chi connectivity index (χ1v) is 5.77. The zero-order chi connectivity index (χ0) is 10.7. The molecule has 15 heavy (non-hydrogen) atoms. The summed E-state index contributed by atoms with van der Waals surface area (Å²) in [6.45, 7) is 2.28. The van der Waals surface area contributed by atoms with Crippen LogP contribution < -0.4 is 0 Å². The van der Waals surface area contributed by atoms with E-state index in [2.05, 4.69) is 17.0 Å². The van der Waals surface area contributed by atoms with Crippen LogP contribution in [0.2, 0.25) is 5.02 Å². The van der Waals surface area contributed by atoms with E-state index in [1.165, 1.54) is 12.0 Å². The minimum absolute atomic E-state index is 0.271. The Balaban J connectivity index is 1.99. The van der Waals surface area contributed by atoms with Crippen molar-refractivity contribution in [2.24, 2.45) is 0 Å². The third kappa shape index (κ3) is 2.71. The summed E-state index contributed by atoms with van der Waals surface area (Å²) in [6.07, 6.45) is 2.31.